The Morgan fingerprint density at radius 1 is 1.31 bits per heavy atom. The topological polar surface area (TPSA) is 74.1 Å². The summed E-state index contributed by atoms with van der Waals surface area (Å²) in [6.45, 7) is 0. The molecule has 2 N–H and O–H groups in total. The lowest BCUT2D eigenvalue weighted by atomic mass is 10.3. The molecule has 0 spiro atoms. The van der Waals surface area contributed by atoms with Crippen molar-refractivity contribution in [3.63, 3.8) is 0 Å². The third-order valence-electron chi connectivity index (χ3n) is 1.59. The standard InChI is InChI=1S/C8H7N3O2/c9-6-1-3-7(4-2-6)11-5-10-8(12)13-11/h1-5H,9H2. The van der Waals surface area contributed by atoms with Crippen molar-refractivity contribution in [2.75, 3.05) is 5.73 Å². The maximum atomic E-state index is 10.6. The summed E-state index contributed by atoms with van der Waals surface area (Å²) in [5.74, 6) is -0.614. The number of nitrogens with two attached hydrogens (primary N) is 1. The largest absolute Gasteiger partial charge is 0.459 e. The predicted molar refractivity (Wildman–Crippen MR) is 46.5 cm³/mol. The van der Waals surface area contributed by atoms with Gasteiger partial charge in [-0.25, -0.2) is 4.79 Å². The summed E-state index contributed by atoms with van der Waals surface area (Å²) < 4.78 is 6.00. The summed E-state index contributed by atoms with van der Waals surface area (Å²) in [4.78, 5) is 14.0. The first-order valence-corrected chi connectivity index (χ1v) is 3.66. The van der Waals surface area contributed by atoms with Crippen LogP contribution in [0.1, 0.15) is 0 Å². The summed E-state index contributed by atoms with van der Waals surface area (Å²) in [5.41, 5.74) is 6.86. The second-order valence-electron chi connectivity index (χ2n) is 2.52. The van der Waals surface area contributed by atoms with Crippen LogP contribution in [0.3, 0.4) is 0 Å². The van der Waals surface area contributed by atoms with Gasteiger partial charge in [0.1, 0.15) is 6.33 Å². The highest BCUT2D eigenvalue weighted by molar-refractivity contribution is 5.44. The second-order valence-corrected chi connectivity index (χ2v) is 2.52. The highest BCUT2D eigenvalue weighted by atomic mass is 16.5. The summed E-state index contributed by atoms with van der Waals surface area (Å²) in [6, 6.07) is 6.91. The van der Waals surface area contributed by atoms with Crippen LogP contribution in [0.4, 0.5) is 5.69 Å². The molecular formula is C8H7N3O2. The molecule has 0 aliphatic rings. The van der Waals surface area contributed by atoms with Gasteiger partial charge in [-0.2, -0.15) is 9.72 Å². The molecule has 1 aromatic carbocycles. The molecule has 5 heteroatoms. The average molecular weight is 177 g/mol. The molecule has 0 unspecified atom stereocenters. The Kier molecular flexibility index (Phi) is 1.63. The zero-order valence-corrected chi connectivity index (χ0v) is 6.68. The number of hydrogen-bond donors (Lipinski definition) is 1. The summed E-state index contributed by atoms with van der Waals surface area (Å²) in [7, 11) is 0. The minimum absolute atomic E-state index is 0.614. The number of rotatable bonds is 1. The highest BCUT2D eigenvalue weighted by Crippen LogP contribution is 2.08. The van der Waals surface area contributed by atoms with Crippen molar-refractivity contribution in [1.82, 2.24) is 9.72 Å². The molecule has 66 valence electrons. The van der Waals surface area contributed by atoms with Crippen molar-refractivity contribution in [1.29, 1.82) is 0 Å². The zero-order valence-electron chi connectivity index (χ0n) is 6.68. The van der Waals surface area contributed by atoms with E-state index in [9.17, 15) is 4.79 Å². The van der Waals surface area contributed by atoms with Gasteiger partial charge in [0, 0.05) is 5.69 Å². The third-order valence-corrected chi connectivity index (χ3v) is 1.59. The average Bonchev–Trinajstić information content (AvgIpc) is 2.53. The Bertz CT molecular complexity index is 455. The molecule has 1 aromatic heterocycles. The smallest absolute Gasteiger partial charge is 0.399 e. The lowest BCUT2D eigenvalue weighted by Crippen LogP contribution is -1.95. The van der Waals surface area contributed by atoms with Crippen molar-refractivity contribution in [2.24, 2.45) is 0 Å². The van der Waals surface area contributed by atoms with E-state index in [0.29, 0.717) is 11.4 Å². The molecule has 0 radical (unpaired) electrons. The first-order valence-electron chi connectivity index (χ1n) is 3.66. The molecular weight excluding hydrogens is 170 g/mol. The van der Waals surface area contributed by atoms with Gasteiger partial charge in [-0.15, -0.1) is 0 Å². The molecule has 5 nitrogen and oxygen atoms in total. The monoisotopic (exact) mass is 177 g/mol. The molecule has 13 heavy (non-hydrogen) atoms. The van der Waals surface area contributed by atoms with Crippen molar-refractivity contribution in [3.8, 4) is 5.69 Å². The van der Waals surface area contributed by atoms with E-state index in [1.165, 1.54) is 11.1 Å². The summed E-state index contributed by atoms with van der Waals surface area (Å²) in [6.07, 6.45) is 1.31. The van der Waals surface area contributed by atoms with Crippen molar-refractivity contribution in [2.45, 2.75) is 0 Å². The quantitative estimate of drug-likeness (QED) is 0.640. The molecule has 0 aliphatic carbocycles. The van der Waals surface area contributed by atoms with Gasteiger partial charge >= 0.3 is 5.76 Å². The molecule has 0 atom stereocenters. The van der Waals surface area contributed by atoms with Gasteiger partial charge in [0.15, 0.2) is 0 Å². The van der Waals surface area contributed by atoms with Gasteiger partial charge in [-0.3, -0.25) is 0 Å². The summed E-state index contributed by atoms with van der Waals surface area (Å²) >= 11 is 0. The molecule has 2 rings (SSSR count). The van der Waals surface area contributed by atoms with Crippen LogP contribution in [0.25, 0.3) is 5.69 Å². The molecule has 0 fully saturated rings. The first-order chi connectivity index (χ1) is 6.25. The van der Waals surface area contributed by atoms with E-state index >= 15 is 0 Å². The van der Waals surface area contributed by atoms with E-state index < -0.39 is 5.76 Å². The van der Waals surface area contributed by atoms with Gasteiger partial charge in [0.25, 0.3) is 0 Å². The van der Waals surface area contributed by atoms with Gasteiger partial charge in [0.2, 0.25) is 0 Å². The van der Waals surface area contributed by atoms with E-state index in [2.05, 4.69) is 4.98 Å². The fourth-order valence-electron chi connectivity index (χ4n) is 0.971. The molecule has 0 saturated heterocycles. The number of nitrogen functional groups attached to an aromatic ring is 1. The van der Waals surface area contributed by atoms with Crippen LogP contribution in [0, 0.1) is 0 Å². The second kappa shape index (κ2) is 2.78. The number of benzene rings is 1. The van der Waals surface area contributed by atoms with Crippen LogP contribution in [0.15, 0.2) is 39.9 Å². The van der Waals surface area contributed by atoms with E-state index in [0.717, 1.165) is 0 Å². The Balaban J connectivity index is 2.47. The first kappa shape index (κ1) is 7.60. The fourth-order valence-corrected chi connectivity index (χ4v) is 0.971. The van der Waals surface area contributed by atoms with Crippen LogP contribution < -0.4 is 11.5 Å². The van der Waals surface area contributed by atoms with E-state index in [1.54, 1.807) is 24.3 Å². The Morgan fingerprint density at radius 2 is 2.00 bits per heavy atom. The van der Waals surface area contributed by atoms with E-state index in [-0.39, 0.29) is 0 Å². The molecule has 2 aromatic rings. The lowest BCUT2D eigenvalue weighted by Gasteiger charge is -1.98. The molecule has 0 aliphatic heterocycles. The van der Waals surface area contributed by atoms with Crippen molar-refractivity contribution in [3.05, 3.63) is 41.1 Å². The Labute approximate surface area is 73.4 Å². The van der Waals surface area contributed by atoms with Gasteiger partial charge < -0.3 is 10.3 Å². The van der Waals surface area contributed by atoms with Gasteiger partial charge in [0.05, 0.1) is 5.69 Å². The normalized spacial score (nSPS) is 10.2. The molecule has 0 bridgehead atoms. The highest BCUT2D eigenvalue weighted by Gasteiger charge is 1.98. The van der Waals surface area contributed by atoms with Crippen LogP contribution in [0.5, 0.6) is 0 Å². The SMILES string of the molecule is Nc1ccc(-n2cnc(=O)o2)cc1. The van der Waals surface area contributed by atoms with Gasteiger partial charge in [-0.1, -0.05) is 0 Å². The van der Waals surface area contributed by atoms with Crippen LogP contribution >= 0.6 is 0 Å². The van der Waals surface area contributed by atoms with Gasteiger partial charge in [-0.05, 0) is 24.3 Å². The van der Waals surface area contributed by atoms with E-state index in [1.807, 2.05) is 0 Å². The fraction of sp³-hybridized carbons (Fsp3) is 0. The maximum absolute atomic E-state index is 10.6. The Hall–Kier alpha value is -2.04. The number of aromatic nitrogens is 2. The number of anilines is 1. The number of hydrogen-bond acceptors (Lipinski definition) is 4. The summed E-state index contributed by atoms with van der Waals surface area (Å²) in [5, 5.41) is 0. The minimum Gasteiger partial charge on any atom is -0.399 e. The maximum Gasteiger partial charge on any atom is 0.459 e. The van der Waals surface area contributed by atoms with Crippen molar-refractivity contribution >= 4 is 5.69 Å². The zero-order chi connectivity index (χ0) is 9.26. The third kappa shape index (κ3) is 1.44. The molecule has 1 heterocycles. The number of nitrogens with zero attached hydrogens (tertiary/aromatic N) is 2. The lowest BCUT2D eigenvalue weighted by molar-refractivity contribution is 0.320. The minimum atomic E-state index is -0.614. The molecule has 0 saturated carbocycles. The predicted octanol–water partition coefficient (Wildman–Crippen LogP) is 0.408. The Morgan fingerprint density at radius 3 is 2.54 bits per heavy atom. The van der Waals surface area contributed by atoms with Crippen LogP contribution in [0.2, 0.25) is 0 Å². The van der Waals surface area contributed by atoms with Crippen LogP contribution in [-0.4, -0.2) is 9.72 Å². The van der Waals surface area contributed by atoms with E-state index in [4.69, 9.17) is 10.3 Å². The molecule has 0 amide bonds. The van der Waals surface area contributed by atoms with Crippen molar-refractivity contribution < 1.29 is 4.52 Å². The van der Waals surface area contributed by atoms with Crippen LogP contribution in [-0.2, 0) is 0 Å².